The number of aromatic nitrogens is 4. The van der Waals surface area contributed by atoms with Crippen molar-refractivity contribution in [2.45, 2.75) is 6.92 Å². The lowest BCUT2D eigenvalue weighted by atomic mass is 10.1. The maximum absolute atomic E-state index is 12.8. The summed E-state index contributed by atoms with van der Waals surface area (Å²) in [5.41, 5.74) is 4.58. The number of pyridine rings is 1. The third-order valence-electron chi connectivity index (χ3n) is 4.54. The summed E-state index contributed by atoms with van der Waals surface area (Å²) in [7, 11) is 1.88. The van der Waals surface area contributed by atoms with Gasteiger partial charge in [-0.1, -0.05) is 40.2 Å². The van der Waals surface area contributed by atoms with E-state index in [2.05, 4.69) is 36.4 Å². The average molecular weight is 448 g/mol. The first kappa shape index (κ1) is 19.0. The molecule has 0 atom stereocenters. The van der Waals surface area contributed by atoms with Gasteiger partial charge in [0, 0.05) is 28.3 Å². The molecule has 29 heavy (non-hydrogen) atoms. The molecule has 0 spiro atoms. The quantitative estimate of drug-likeness (QED) is 0.484. The van der Waals surface area contributed by atoms with Gasteiger partial charge in [-0.15, -0.1) is 10.2 Å². The Morgan fingerprint density at radius 2 is 1.83 bits per heavy atom. The Balaban J connectivity index is 1.57. The average Bonchev–Trinajstić information content (AvgIpc) is 3.14. The Hall–Kier alpha value is -3.32. The van der Waals surface area contributed by atoms with Crippen LogP contribution in [-0.4, -0.2) is 25.7 Å². The van der Waals surface area contributed by atoms with Gasteiger partial charge in [0.1, 0.15) is 6.33 Å². The molecule has 0 aliphatic carbocycles. The zero-order chi connectivity index (χ0) is 20.4. The number of carbonyl (C=O) groups excluding carboxylic acids is 1. The third-order valence-corrected chi connectivity index (χ3v) is 5.03. The zero-order valence-corrected chi connectivity index (χ0v) is 17.5. The number of hydrogen-bond acceptors (Lipinski definition) is 4. The van der Waals surface area contributed by atoms with Crippen molar-refractivity contribution in [3.8, 4) is 22.6 Å². The van der Waals surface area contributed by atoms with E-state index in [1.54, 1.807) is 12.4 Å². The topological polar surface area (TPSA) is 72.7 Å². The fourth-order valence-corrected chi connectivity index (χ4v) is 3.49. The minimum Gasteiger partial charge on any atom is -0.322 e. The number of nitrogens with one attached hydrogen (secondary N) is 1. The number of rotatable bonds is 4. The second-order valence-electron chi connectivity index (χ2n) is 6.64. The summed E-state index contributed by atoms with van der Waals surface area (Å²) in [6.07, 6.45) is 1.64. The van der Waals surface area contributed by atoms with Crippen molar-refractivity contribution in [2.75, 3.05) is 5.32 Å². The highest BCUT2D eigenvalue weighted by Crippen LogP contribution is 2.24. The van der Waals surface area contributed by atoms with Gasteiger partial charge < -0.3 is 9.88 Å². The van der Waals surface area contributed by atoms with Gasteiger partial charge in [-0.3, -0.25) is 9.78 Å². The summed E-state index contributed by atoms with van der Waals surface area (Å²) in [5, 5.41) is 11.0. The number of hydrogen-bond donors (Lipinski definition) is 1. The first-order valence-electron chi connectivity index (χ1n) is 9.00. The van der Waals surface area contributed by atoms with E-state index in [1.165, 1.54) is 0 Å². The molecular formula is C22H18BrN5O. The van der Waals surface area contributed by atoms with Crippen LogP contribution in [-0.2, 0) is 7.05 Å². The van der Waals surface area contributed by atoms with Crippen molar-refractivity contribution in [2.24, 2.45) is 7.05 Å². The number of aryl methyl sites for hydroxylation is 2. The van der Waals surface area contributed by atoms with E-state index in [9.17, 15) is 4.79 Å². The molecule has 6 nitrogen and oxygen atoms in total. The molecule has 1 N–H and O–H groups in total. The SMILES string of the molecule is Cc1nc(-c2cccc(Br)c2)ccc1C(=O)Nc1cccc(-c2nncn2C)c1. The molecule has 144 valence electrons. The normalized spacial score (nSPS) is 10.7. The van der Waals surface area contributed by atoms with Gasteiger partial charge in [0.05, 0.1) is 17.0 Å². The zero-order valence-electron chi connectivity index (χ0n) is 15.9. The van der Waals surface area contributed by atoms with Crippen molar-refractivity contribution < 1.29 is 4.79 Å². The third kappa shape index (κ3) is 4.09. The summed E-state index contributed by atoms with van der Waals surface area (Å²) < 4.78 is 2.81. The standard InChI is InChI=1S/C22H18BrN5O/c1-14-19(9-10-20(25-14)15-5-3-7-17(23)11-15)22(29)26-18-8-4-6-16(12-18)21-27-24-13-28(21)2/h3-13H,1-2H3,(H,26,29). The van der Waals surface area contributed by atoms with Crippen LogP contribution >= 0.6 is 15.9 Å². The van der Waals surface area contributed by atoms with Gasteiger partial charge in [-0.25, -0.2) is 0 Å². The Kier molecular flexibility index (Phi) is 5.22. The van der Waals surface area contributed by atoms with Gasteiger partial charge in [-0.2, -0.15) is 0 Å². The summed E-state index contributed by atoms with van der Waals surface area (Å²) in [4.78, 5) is 17.4. The maximum atomic E-state index is 12.8. The molecule has 0 saturated carbocycles. The predicted molar refractivity (Wildman–Crippen MR) is 117 cm³/mol. The summed E-state index contributed by atoms with van der Waals surface area (Å²) in [6.45, 7) is 1.84. The van der Waals surface area contributed by atoms with Crippen LogP contribution in [0.4, 0.5) is 5.69 Å². The number of halogens is 1. The Morgan fingerprint density at radius 3 is 2.55 bits per heavy atom. The number of amides is 1. The highest BCUT2D eigenvalue weighted by atomic mass is 79.9. The van der Waals surface area contributed by atoms with Crippen molar-refractivity contribution in [1.82, 2.24) is 19.7 Å². The smallest absolute Gasteiger partial charge is 0.257 e. The van der Waals surface area contributed by atoms with E-state index in [-0.39, 0.29) is 5.91 Å². The largest absolute Gasteiger partial charge is 0.322 e. The van der Waals surface area contributed by atoms with E-state index in [1.807, 2.05) is 73.1 Å². The Morgan fingerprint density at radius 1 is 1.03 bits per heavy atom. The molecule has 1 amide bonds. The molecule has 0 bridgehead atoms. The fraction of sp³-hybridized carbons (Fsp3) is 0.0909. The maximum Gasteiger partial charge on any atom is 0.257 e. The van der Waals surface area contributed by atoms with Crippen molar-refractivity contribution >= 4 is 27.5 Å². The van der Waals surface area contributed by atoms with Crippen LogP contribution in [0.25, 0.3) is 22.6 Å². The molecule has 0 aliphatic heterocycles. The molecule has 0 radical (unpaired) electrons. The van der Waals surface area contributed by atoms with Crippen LogP contribution in [0.15, 0.2) is 71.5 Å². The molecule has 4 aromatic rings. The van der Waals surface area contributed by atoms with Gasteiger partial charge in [0.15, 0.2) is 5.82 Å². The minimum atomic E-state index is -0.203. The van der Waals surface area contributed by atoms with Crippen molar-refractivity contribution in [1.29, 1.82) is 0 Å². The van der Waals surface area contributed by atoms with Crippen LogP contribution in [0, 0.1) is 6.92 Å². The van der Waals surface area contributed by atoms with E-state index in [0.717, 1.165) is 27.1 Å². The predicted octanol–water partition coefficient (Wildman–Crippen LogP) is 4.87. The molecule has 4 rings (SSSR count). The minimum absolute atomic E-state index is 0.203. The number of carbonyl (C=O) groups is 1. The summed E-state index contributed by atoms with van der Waals surface area (Å²) >= 11 is 3.48. The molecule has 2 heterocycles. The lowest BCUT2D eigenvalue weighted by Gasteiger charge is -2.10. The van der Waals surface area contributed by atoms with Gasteiger partial charge in [0.2, 0.25) is 0 Å². The monoisotopic (exact) mass is 447 g/mol. The number of benzene rings is 2. The molecule has 2 aromatic heterocycles. The first-order valence-corrected chi connectivity index (χ1v) is 9.80. The Bertz CT molecular complexity index is 1200. The van der Waals surface area contributed by atoms with Crippen molar-refractivity contribution in [3.05, 3.63) is 82.7 Å². The van der Waals surface area contributed by atoms with Crippen LogP contribution < -0.4 is 5.32 Å². The lowest BCUT2D eigenvalue weighted by molar-refractivity contribution is 0.102. The lowest BCUT2D eigenvalue weighted by Crippen LogP contribution is -2.14. The van der Waals surface area contributed by atoms with E-state index in [0.29, 0.717) is 16.9 Å². The van der Waals surface area contributed by atoms with Crippen LogP contribution in [0.5, 0.6) is 0 Å². The van der Waals surface area contributed by atoms with Gasteiger partial charge >= 0.3 is 0 Å². The van der Waals surface area contributed by atoms with Gasteiger partial charge in [0.25, 0.3) is 5.91 Å². The molecule has 0 unspecified atom stereocenters. The molecule has 0 fully saturated rings. The highest BCUT2D eigenvalue weighted by molar-refractivity contribution is 9.10. The molecule has 2 aromatic carbocycles. The molecule has 7 heteroatoms. The summed E-state index contributed by atoms with van der Waals surface area (Å²) in [5.74, 6) is 0.531. The Labute approximate surface area is 176 Å². The molecule has 0 aliphatic rings. The van der Waals surface area contributed by atoms with E-state index >= 15 is 0 Å². The highest BCUT2D eigenvalue weighted by Gasteiger charge is 2.13. The second-order valence-corrected chi connectivity index (χ2v) is 7.56. The second kappa shape index (κ2) is 7.97. The van der Waals surface area contributed by atoms with Crippen LogP contribution in [0.2, 0.25) is 0 Å². The number of nitrogens with zero attached hydrogens (tertiary/aromatic N) is 4. The fourth-order valence-electron chi connectivity index (χ4n) is 3.09. The van der Waals surface area contributed by atoms with Crippen LogP contribution in [0.3, 0.4) is 0 Å². The molecule has 0 saturated heterocycles. The molecular weight excluding hydrogens is 430 g/mol. The van der Waals surface area contributed by atoms with E-state index in [4.69, 9.17) is 0 Å². The first-order chi connectivity index (χ1) is 14.0. The van der Waals surface area contributed by atoms with Gasteiger partial charge in [-0.05, 0) is 43.3 Å². The van der Waals surface area contributed by atoms with E-state index < -0.39 is 0 Å². The number of anilines is 1. The summed E-state index contributed by atoms with van der Waals surface area (Å²) in [6, 6.07) is 19.1. The van der Waals surface area contributed by atoms with Crippen molar-refractivity contribution in [3.63, 3.8) is 0 Å². The van der Waals surface area contributed by atoms with Crippen LogP contribution in [0.1, 0.15) is 16.1 Å².